The van der Waals surface area contributed by atoms with E-state index in [1.165, 1.54) is 0 Å². The Labute approximate surface area is 163 Å². The molecule has 0 aromatic carbocycles. The number of carbonyl (C=O) groups is 1. The minimum atomic E-state index is -5.08. The molecule has 7 nitrogen and oxygen atoms in total. The molecule has 1 atom stereocenters. The van der Waals surface area contributed by atoms with Gasteiger partial charge in [0.2, 0.25) is 0 Å². The van der Waals surface area contributed by atoms with Gasteiger partial charge < -0.3 is 15.2 Å². The fourth-order valence-electron chi connectivity index (χ4n) is 2.68. The summed E-state index contributed by atoms with van der Waals surface area (Å²) in [4.78, 5) is 13.0. The molecule has 1 aromatic heterocycles. The fourth-order valence-corrected chi connectivity index (χ4v) is 3.39. The maximum absolute atomic E-state index is 12.5. The Balaban J connectivity index is 0.000000345. The number of halogens is 3. The van der Waals surface area contributed by atoms with Crippen molar-refractivity contribution in [1.29, 1.82) is 0 Å². The van der Waals surface area contributed by atoms with Crippen molar-refractivity contribution in [2.45, 2.75) is 50.1 Å². The van der Waals surface area contributed by atoms with E-state index in [9.17, 15) is 17.4 Å². The molecule has 1 aromatic rings. The first-order valence-electron chi connectivity index (χ1n) is 8.52. The lowest BCUT2D eigenvalue weighted by molar-refractivity contribution is -0.192. The molecular weight excluding hydrogens is 399 g/mol. The lowest BCUT2D eigenvalue weighted by Gasteiger charge is -2.33. The normalized spacial score (nSPS) is 20.7. The third kappa shape index (κ3) is 5.07. The Kier molecular flexibility index (Phi) is 6.49. The Morgan fingerprint density at radius 1 is 1.32 bits per heavy atom. The quantitative estimate of drug-likeness (QED) is 0.723. The van der Waals surface area contributed by atoms with Crippen LogP contribution >= 0.6 is 0 Å². The van der Waals surface area contributed by atoms with Crippen molar-refractivity contribution < 1.29 is 32.0 Å². The topological polar surface area (TPSA) is 101 Å². The molecular formula is C17H22F3N3O4S. The molecule has 1 saturated heterocycles. The second kappa shape index (κ2) is 8.16. The number of ether oxygens (including phenoxy) is 1. The molecule has 28 heavy (non-hydrogen) atoms. The van der Waals surface area contributed by atoms with Gasteiger partial charge in [0, 0.05) is 24.6 Å². The van der Waals surface area contributed by atoms with Crippen molar-refractivity contribution in [2.24, 2.45) is 4.40 Å². The van der Waals surface area contributed by atoms with Gasteiger partial charge in [0.25, 0.3) is 0 Å². The Bertz CT molecular complexity index is 785. The Morgan fingerprint density at radius 2 is 1.89 bits per heavy atom. The van der Waals surface area contributed by atoms with Crippen molar-refractivity contribution in [1.82, 2.24) is 10.3 Å². The van der Waals surface area contributed by atoms with Crippen LogP contribution in [0.3, 0.4) is 0 Å². The van der Waals surface area contributed by atoms with Crippen LogP contribution in [0.4, 0.5) is 13.2 Å². The number of pyridine rings is 1. The van der Waals surface area contributed by atoms with E-state index in [1.54, 1.807) is 12.4 Å². The number of aliphatic carboxylic acids is 1. The van der Waals surface area contributed by atoms with Crippen LogP contribution in [0, 0.1) is 0 Å². The molecule has 11 heteroatoms. The average Bonchev–Trinajstić information content (AvgIpc) is 2.87. The van der Waals surface area contributed by atoms with Crippen molar-refractivity contribution in [3.63, 3.8) is 0 Å². The van der Waals surface area contributed by atoms with Crippen LogP contribution in [0.15, 0.2) is 22.9 Å². The number of carboxylic acids is 1. The molecule has 2 aliphatic heterocycles. The highest BCUT2D eigenvalue weighted by atomic mass is 32.2. The number of aromatic nitrogens is 1. The average molecular weight is 421 g/mol. The lowest BCUT2D eigenvalue weighted by Crippen LogP contribution is -2.49. The first-order valence-corrected chi connectivity index (χ1v) is 9.63. The SMILES string of the molecule is CC(C)(C)[S@](=O)N=C1c2ccncc2OC12CCNCC2.O=C(O)C(F)(F)F. The summed E-state index contributed by atoms with van der Waals surface area (Å²) in [7, 11) is -1.29. The molecule has 2 aliphatic rings. The molecule has 2 N–H and O–H groups in total. The molecule has 156 valence electrons. The van der Waals surface area contributed by atoms with E-state index >= 15 is 0 Å². The van der Waals surface area contributed by atoms with E-state index in [4.69, 9.17) is 14.6 Å². The van der Waals surface area contributed by atoms with E-state index < -0.39 is 28.7 Å². The number of nitrogens with one attached hydrogen (secondary N) is 1. The van der Waals surface area contributed by atoms with E-state index in [1.807, 2.05) is 26.8 Å². The first-order chi connectivity index (χ1) is 12.9. The molecule has 0 radical (unpaired) electrons. The largest absolute Gasteiger partial charge is 0.490 e. The van der Waals surface area contributed by atoms with Crippen molar-refractivity contribution in [3.05, 3.63) is 24.0 Å². The van der Waals surface area contributed by atoms with Crippen LogP contribution in [0.2, 0.25) is 0 Å². The van der Waals surface area contributed by atoms with Crippen molar-refractivity contribution >= 4 is 22.7 Å². The van der Waals surface area contributed by atoms with Gasteiger partial charge in [-0.1, -0.05) is 0 Å². The van der Waals surface area contributed by atoms with Crippen LogP contribution in [-0.2, 0) is 15.8 Å². The van der Waals surface area contributed by atoms with E-state index in [0.717, 1.165) is 43.0 Å². The number of fused-ring (bicyclic) bond motifs is 1. The molecule has 0 unspecified atom stereocenters. The Hall–Kier alpha value is -2.01. The van der Waals surface area contributed by atoms with Crippen LogP contribution in [0.25, 0.3) is 0 Å². The van der Waals surface area contributed by atoms with Gasteiger partial charge in [-0.2, -0.15) is 17.6 Å². The number of piperidine rings is 1. The fraction of sp³-hybridized carbons (Fsp3) is 0.588. The van der Waals surface area contributed by atoms with Gasteiger partial charge in [-0.15, -0.1) is 0 Å². The zero-order valence-corrected chi connectivity index (χ0v) is 16.5. The first kappa shape index (κ1) is 22.3. The van der Waals surface area contributed by atoms with Crippen molar-refractivity contribution in [3.8, 4) is 5.75 Å². The number of hydrogen-bond acceptors (Lipinski definition) is 5. The highest BCUT2D eigenvalue weighted by Crippen LogP contribution is 2.40. The summed E-state index contributed by atoms with van der Waals surface area (Å²) in [6.07, 6.45) is 0.0448. The molecule has 0 aliphatic carbocycles. The highest BCUT2D eigenvalue weighted by Gasteiger charge is 2.47. The van der Waals surface area contributed by atoms with Gasteiger partial charge in [-0.3, -0.25) is 4.98 Å². The van der Waals surface area contributed by atoms with Gasteiger partial charge in [-0.05, 0) is 39.9 Å². The lowest BCUT2D eigenvalue weighted by atomic mass is 9.86. The van der Waals surface area contributed by atoms with E-state index in [-0.39, 0.29) is 4.75 Å². The molecule has 0 amide bonds. The molecule has 3 heterocycles. The summed E-state index contributed by atoms with van der Waals surface area (Å²) in [5.74, 6) is -2.00. The molecule has 1 fully saturated rings. The predicted octanol–water partition coefficient (Wildman–Crippen LogP) is 2.48. The third-order valence-corrected chi connectivity index (χ3v) is 5.52. The maximum atomic E-state index is 12.5. The number of alkyl halides is 3. The molecule has 0 bridgehead atoms. The van der Waals surface area contributed by atoms with Crippen molar-refractivity contribution in [2.75, 3.05) is 13.1 Å². The summed E-state index contributed by atoms with van der Waals surface area (Å²) in [5, 5.41) is 10.5. The smallest absolute Gasteiger partial charge is 0.478 e. The number of nitrogens with zero attached hydrogens (tertiary/aromatic N) is 2. The van der Waals surface area contributed by atoms with Gasteiger partial charge in [0.15, 0.2) is 5.60 Å². The minimum absolute atomic E-state index is 0.378. The predicted molar refractivity (Wildman–Crippen MR) is 97.8 cm³/mol. The van der Waals surface area contributed by atoms with Crippen LogP contribution in [-0.4, -0.2) is 55.6 Å². The standard InChI is InChI=1S/C15H21N3O2S.C2HF3O2/c1-14(2,3)21(19)18-13-11-4-7-17-10-12(11)20-15(13)5-8-16-9-6-15;3-2(4,5)1(6)7/h4,7,10,16H,5-6,8-9H2,1-3H3;(H,6,7)/t21-;/m0./s1. The van der Waals surface area contributed by atoms with Crippen LogP contribution < -0.4 is 10.1 Å². The maximum Gasteiger partial charge on any atom is 0.490 e. The van der Waals surface area contributed by atoms with Gasteiger partial charge >= 0.3 is 12.1 Å². The molecule has 0 saturated carbocycles. The highest BCUT2D eigenvalue weighted by molar-refractivity contribution is 7.85. The summed E-state index contributed by atoms with van der Waals surface area (Å²) in [6, 6.07) is 1.91. The minimum Gasteiger partial charge on any atom is -0.478 e. The zero-order valence-electron chi connectivity index (χ0n) is 15.7. The van der Waals surface area contributed by atoms with E-state index in [0.29, 0.717) is 0 Å². The second-order valence-corrected chi connectivity index (χ2v) is 9.23. The molecule has 1 spiro atoms. The summed E-state index contributed by atoms with van der Waals surface area (Å²) in [6.45, 7) is 7.56. The zero-order chi connectivity index (χ0) is 21.2. The summed E-state index contributed by atoms with van der Waals surface area (Å²) < 4.78 is 54.6. The summed E-state index contributed by atoms with van der Waals surface area (Å²) in [5.41, 5.74) is 1.32. The molecule has 3 rings (SSSR count). The van der Waals surface area contributed by atoms with Crippen LogP contribution in [0.1, 0.15) is 39.2 Å². The summed E-state index contributed by atoms with van der Waals surface area (Å²) >= 11 is 0. The number of hydrogen-bond donors (Lipinski definition) is 2. The number of carboxylic acid groups (broad SMARTS) is 1. The number of rotatable bonds is 1. The van der Waals surface area contributed by atoms with Crippen LogP contribution in [0.5, 0.6) is 5.75 Å². The van der Waals surface area contributed by atoms with Gasteiger partial charge in [0.1, 0.15) is 22.4 Å². The van der Waals surface area contributed by atoms with Gasteiger partial charge in [0.05, 0.1) is 10.9 Å². The second-order valence-electron chi connectivity index (χ2n) is 7.32. The van der Waals surface area contributed by atoms with E-state index in [2.05, 4.69) is 14.7 Å². The van der Waals surface area contributed by atoms with Gasteiger partial charge in [-0.25, -0.2) is 9.00 Å². The third-order valence-electron chi connectivity index (χ3n) is 4.13. The monoisotopic (exact) mass is 421 g/mol. The Morgan fingerprint density at radius 3 is 2.39 bits per heavy atom.